The van der Waals surface area contributed by atoms with Crippen LogP contribution in [0.25, 0.3) is 0 Å². The highest BCUT2D eigenvalue weighted by molar-refractivity contribution is 5.69. The molecule has 5 rings (SSSR count). The average molecular weight is 591 g/mol. The van der Waals surface area contributed by atoms with Gasteiger partial charge in [-0.25, -0.2) is 0 Å². The smallest absolute Gasteiger partial charge is 0.308 e. The Morgan fingerprint density at radius 1 is 0.744 bits per heavy atom. The molecule has 230 valence electrons. The Kier molecular flexibility index (Phi) is 11.6. The normalized spacial score (nSPS) is 25.6. The third kappa shape index (κ3) is 9.36. The van der Waals surface area contributed by atoms with E-state index in [2.05, 4.69) is 0 Å². The first-order valence-electron chi connectivity index (χ1n) is 15.2. The van der Waals surface area contributed by atoms with Crippen molar-refractivity contribution in [2.75, 3.05) is 20.3 Å². The van der Waals surface area contributed by atoms with E-state index in [0.717, 1.165) is 28.9 Å². The number of benzene rings is 3. The lowest BCUT2D eigenvalue weighted by Gasteiger charge is -2.40. The van der Waals surface area contributed by atoms with E-state index in [0.29, 0.717) is 39.1 Å². The molecule has 8 heteroatoms. The van der Waals surface area contributed by atoms with Crippen molar-refractivity contribution >= 4 is 5.97 Å². The van der Waals surface area contributed by atoms with E-state index in [9.17, 15) is 4.79 Å². The summed E-state index contributed by atoms with van der Waals surface area (Å²) in [7, 11) is 1.66. The predicted molar refractivity (Wildman–Crippen MR) is 160 cm³/mol. The van der Waals surface area contributed by atoms with Gasteiger partial charge in [-0.15, -0.1) is 0 Å². The van der Waals surface area contributed by atoms with Crippen LogP contribution in [0.2, 0.25) is 0 Å². The second-order valence-electron chi connectivity index (χ2n) is 10.9. The lowest BCUT2D eigenvalue weighted by atomic mass is 9.96. The van der Waals surface area contributed by atoms with Crippen LogP contribution in [0.3, 0.4) is 0 Å². The summed E-state index contributed by atoms with van der Waals surface area (Å²) in [4.78, 5) is 12.3. The maximum atomic E-state index is 12.3. The molecule has 43 heavy (non-hydrogen) atoms. The zero-order chi connectivity index (χ0) is 29.9. The Balaban J connectivity index is 1.23. The van der Waals surface area contributed by atoms with Crippen molar-refractivity contribution in [3.8, 4) is 5.75 Å². The van der Waals surface area contributed by atoms with E-state index in [1.54, 1.807) is 7.11 Å². The van der Waals surface area contributed by atoms with Crippen molar-refractivity contribution < 1.29 is 38.0 Å². The lowest BCUT2D eigenvalue weighted by molar-refractivity contribution is -0.278. The zero-order valence-corrected chi connectivity index (χ0v) is 25.0. The highest BCUT2D eigenvalue weighted by atomic mass is 16.7. The van der Waals surface area contributed by atoms with E-state index < -0.39 is 12.6 Å². The zero-order valence-electron chi connectivity index (χ0n) is 25.0. The van der Waals surface area contributed by atoms with Gasteiger partial charge in [0.2, 0.25) is 0 Å². The van der Waals surface area contributed by atoms with Crippen LogP contribution in [0.5, 0.6) is 5.75 Å². The molecule has 2 fully saturated rings. The van der Waals surface area contributed by atoms with Crippen LogP contribution in [-0.2, 0) is 39.8 Å². The van der Waals surface area contributed by atoms with Gasteiger partial charge in [0.1, 0.15) is 5.75 Å². The van der Waals surface area contributed by atoms with Crippen LogP contribution in [0, 0.1) is 0 Å². The van der Waals surface area contributed by atoms with E-state index >= 15 is 0 Å². The summed E-state index contributed by atoms with van der Waals surface area (Å²) in [6.07, 6.45) is 1.22. The molecule has 3 aromatic carbocycles. The molecule has 6 atom stereocenters. The Morgan fingerprint density at radius 3 is 1.88 bits per heavy atom. The van der Waals surface area contributed by atoms with Crippen LogP contribution in [-0.4, -0.2) is 50.7 Å². The second-order valence-corrected chi connectivity index (χ2v) is 10.9. The second kappa shape index (κ2) is 16.0. The molecule has 0 saturated carbocycles. The molecule has 0 amide bonds. The number of hydrogen-bond acceptors (Lipinski definition) is 8. The molecule has 8 nitrogen and oxygen atoms in total. The van der Waals surface area contributed by atoms with Gasteiger partial charge >= 0.3 is 5.97 Å². The third-order valence-electron chi connectivity index (χ3n) is 7.70. The van der Waals surface area contributed by atoms with Gasteiger partial charge in [0, 0.05) is 37.0 Å². The van der Waals surface area contributed by atoms with Gasteiger partial charge in [-0.2, -0.15) is 0 Å². The van der Waals surface area contributed by atoms with Gasteiger partial charge in [-0.3, -0.25) is 4.79 Å². The van der Waals surface area contributed by atoms with Gasteiger partial charge in [0.25, 0.3) is 0 Å². The molecule has 0 aliphatic carbocycles. The molecule has 0 radical (unpaired) electrons. The van der Waals surface area contributed by atoms with Gasteiger partial charge in [0.15, 0.2) is 12.6 Å². The van der Waals surface area contributed by atoms with Gasteiger partial charge in [-0.1, -0.05) is 72.8 Å². The summed E-state index contributed by atoms with van der Waals surface area (Å²) in [5.74, 6) is 0.564. The third-order valence-corrected chi connectivity index (χ3v) is 7.70. The molecule has 0 bridgehead atoms. The molecule has 2 aliphatic heterocycles. The van der Waals surface area contributed by atoms with Crippen molar-refractivity contribution in [3.63, 3.8) is 0 Å². The van der Waals surface area contributed by atoms with Gasteiger partial charge in [0.05, 0.1) is 51.2 Å². The van der Waals surface area contributed by atoms with E-state index in [4.69, 9.17) is 33.2 Å². The number of hydrogen-bond donors (Lipinski definition) is 0. The average Bonchev–Trinajstić information content (AvgIpc) is 3.04. The molecule has 0 unspecified atom stereocenters. The quantitative estimate of drug-likeness (QED) is 0.161. The molecule has 3 aromatic rings. The van der Waals surface area contributed by atoms with Crippen molar-refractivity contribution in [1.82, 2.24) is 0 Å². The molecule has 0 spiro atoms. The molecule has 0 aromatic heterocycles. The molecular formula is C35H42O8. The predicted octanol–water partition coefficient (Wildman–Crippen LogP) is 6.69. The van der Waals surface area contributed by atoms with Crippen molar-refractivity contribution in [2.45, 2.75) is 82.6 Å². The number of carbonyl (C=O) groups excluding carboxylic acids is 1. The monoisotopic (exact) mass is 590 g/mol. The van der Waals surface area contributed by atoms with Gasteiger partial charge in [-0.05, 0) is 31.0 Å². The maximum absolute atomic E-state index is 12.3. The molecule has 0 N–H and O–H groups in total. The Hall–Kier alpha value is -3.27. The Labute approximate surface area is 254 Å². The number of esters is 1. The number of carbonyl (C=O) groups is 1. The largest absolute Gasteiger partial charge is 0.497 e. The van der Waals surface area contributed by atoms with Crippen LogP contribution >= 0.6 is 0 Å². The highest BCUT2D eigenvalue weighted by Crippen LogP contribution is 2.37. The number of rotatable bonds is 13. The number of methoxy groups -OCH3 is 1. The molecular weight excluding hydrogens is 548 g/mol. The lowest BCUT2D eigenvalue weighted by Crippen LogP contribution is -2.41. The van der Waals surface area contributed by atoms with Gasteiger partial charge < -0.3 is 33.2 Å². The number of ether oxygens (including phenoxy) is 7. The van der Waals surface area contributed by atoms with Crippen LogP contribution in [0.1, 0.15) is 68.3 Å². The molecule has 2 heterocycles. The summed E-state index contributed by atoms with van der Waals surface area (Å²) in [5, 5.41) is 0. The fourth-order valence-corrected chi connectivity index (χ4v) is 5.55. The van der Waals surface area contributed by atoms with Crippen molar-refractivity contribution in [1.29, 1.82) is 0 Å². The maximum Gasteiger partial charge on any atom is 0.308 e. The summed E-state index contributed by atoms with van der Waals surface area (Å²) in [6.45, 7) is 3.24. The first kappa shape index (κ1) is 31.2. The molecule has 2 saturated heterocycles. The summed E-state index contributed by atoms with van der Waals surface area (Å²) in [5.41, 5.74) is 2.99. The van der Waals surface area contributed by atoms with Crippen LogP contribution in [0.15, 0.2) is 84.9 Å². The minimum Gasteiger partial charge on any atom is -0.497 e. The minimum atomic E-state index is -0.564. The van der Waals surface area contributed by atoms with Crippen molar-refractivity contribution in [2.24, 2.45) is 0 Å². The van der Waals surface area contributed by atoms with Crippen LogP contribution in [0.4, 0.5) is 0 Å². The van der Waals surface area contributed by atoms with Crippen molar-refractivity contribution in [3.05, 3.63) is 102 Å². The summed E-state index contributed by atoms with van der Waals surface area (Å²) >= 11 is 0. The topological polar surface area (TPSA) is 81.7 Å². The Morgan fingerprint density at radius 2 is 1.30 bits per heavy atom. The highest BCUT2D eigenvalue weighted by Gasteiger charge is 2.37. The van der Waals surface area contributed by atoms with E-state index in [1.807, 2.05) is 91.9 Å². The fraction of sp³-hybridized carbons (Fsp3) is 0.457. The first-order chi connectivity index (χ1) is 21.1. The fourth-order valence-electron chi connectivity index (χ4n) is 5.55. The first-order valence-corrected chi connectivity index (χ1v) is 15.2. The molecule has 2 aliphatic rings. The SMILES string of the molecule is CCOC(=O)C[C@H]1C[C@@H](C[C@@H]2C[C@H](CCOCc3ccc(OC)cc3)O[C@H](c3ccccc3)O2)O[C@@H](c2ccccc2)O1. The van der Waals surface area contributed by atoms with E-state index in [-0.39, 0.29) is 36.8 Å². The summed E-state index contributed by atoms with van der Waals surface area (Å²) in [6, 6.07) is 27.7. The standard InChI is InChI=1S/C35H42O8/c1-3-39-33(36)23-32-22-31(42-35(43-32)27-12-8-5-9-13-27)21-30-20-29(40-34(41-30)26-10-6-4-7-11-26)18-19-38-24-25-14-16-28(37-2)17-15-25/h4-17,29-32,34-35H,3,18-24H2,1-2H3/t29-,30-,31+,32+,34-,35+/m0/s1. The Bertz CT molecular complexity index is 1240. The summed E-state index contributed by atoms with van der Waals surface area (Å²) < 4.78 is 42.1. The minimum absolute atomic E-state index is 0.0417. The van der Waals surface area contributed by atoms with E-state index in [1.165, 1.54) is 0 Å². The van der Waals surface area contributed by atoms with Crippen LogP contribution < -0.4 is 4.74 Å².